The van der Waals surface area contributed by atoms with E-state index in [-0.39, 0.29) is 17.6 Å². The van der Waals surface area contributed by atoms with Crippen LogP contribution in [0.15, 0.2) is 45.0 Å². The predicted molar refractivity (Wildman–Crippen MR) is 114 cm³/mol. The molecule has 0 radical (unpaired) electrons. The summed E-state index contributed by atoms with van der Waals surface area (Å²) in [4.78, 5) is 28.6. The minimum absolute atomic E-state index is 0.124. The molecule has 0 aliphatic carbocycles. The molecule has 10 heteroatoms. The number of hydrogen-bond acceptors (Lipinski definition) is 8. The number of anilines is 1. The fourth-order valence-electron chi connectivity index (χ4n) is 2.68. The Kier molecular flexibility index (Phi) is 6.24. The third-order valence-electron chi connectivity index (χ3n) is 4.06. The van der Waals surface area contributed by atoms with Crippen LogP contribution in [-0.4, -0.2) is 35.8 Å². The lowest BCUT2D eigenvalue weighted by atomic mass is 10.3. The van der Waals surface area contributed by atoms with Gasteiger partial charge in [-0.3, -0.25) is 9.59 Å². The minimum Gasteiger partial charge on any atom is -0.486 e. The molecule has 2 N–H and O–H groups in total. The van der Waals surface area contributed by atoms with Gasteiger partial charge in [-0.05, 0) is 30.3 Å². The van der Waals surface area contributed by atoms with Gasteiger partial charge in [-0.15, -0.1) is 23.1 Å². The summed E-state index contributed by atoms with van der Waals surface area (Å²) >= 11 is 2.73. The molecular weight excluding hydrogens is 426 g/mol. The van der Waals surface area contributed by atoms with E-state index in [4.69, 9.17) is 13.9 Å². The second kappa shape index (κ2) is 9.23. The Bertz CT molecular complexity index is 1060. The lowest BCUT2D eigenvalue weighted by Crippen LogP contribution is -2.18. The van der Waals surface area contributed by atoms with Crippen LogP contribution < -0.4 is 20.1 Å². The van der Waals surface area contributed by atoms with Crippen molar-refractivity contribution in [3.05, 3.63) is 41.5 Å². The fraction of sp³-hybridized carbons (Fsp3) is 0.250. The third kappa shape index (κ3) is 5.14. The molecule has 2 aromatic heterocycles. The van der Waals surface area contributed by atoms with Crippen LogP contribution in [0.2, 0.25) is 0 Å². The summed E-state index contributed by atoms with van der Waals surface area (Å²) in [5.74, 6) is 2.61. The van der Waals surface area contributed by atoms with Gasteiger partial charge in [-0.25, -0.2) is 4.98 Å². The van der Waals surface area contributed by atoms with E-state index in [2.05, 4.69) is 15.6 Å². The number of ether oxygens (including phenoxy) is 2. The smallest absolute Gasteiger partial charge is 0.236 e. The Morgan fingerprint density at radius 3 is 2.83 bits per heavy atom. The van der Waals surface area contributed by atoms with E-state index < -0.39 is 0 Å². The molecule has 156 valence electrons. The van der Waals surface area contributed by atoms with Gasteiger partial charge in [0.15, 0.2) is 22.4 Å². The third-order valence-corrected chi connectivity index (χ3v) is 5.81. The molecule has 1 aromatic carbocycles. The SMILES string of the molecule is CC(=O)NCc1ccc(-c2csc(NC(=O)CSc3ccc4c(c3)OCCO4)n2)o1. The number of fused-ring (bicyclic) bond motifs is 1. The van der Waals surface area contributed by atoms with Crippen molar-refractivity contribution in [1.29, 1.82) is 0 Å². The van der Waals surface area contributed by atoms with E-state index in [1.807, 2.05) is 23.6 Å². The van der Waals surface area contributed by atoms with Crippen molar-refractivity contribution < 1.29 is 23.5 Å². The van der Waals surface area contributed by atoms with E-state index in [0.717, 1.165) is 10.6 Å². The summed E-state index contributed by atoms with van der Waals surface area (Å²) in [7, 11) is 0. The van der Waals surface area contributed by atoms with Crippen molar-refractivity contribution in [2.45, 2.75) is 18.4 Å². The number of benzene rings is 1. The van der Waals surface area contributed by atoms with Crippen LogP contribution in [0.5, 0.6) is 11.5 Å². The molecule has 0 fully saturated rings. The highest BCUT2D eigenvalue weighted by atomic mass is 32.2. The van der Waals surface area contributed by atoms with E-state index in [9.17, 15) is 9.59 Å². The van der Waals surface area contributed by atoms with Gasteiger partial charge in [0.2, 0.25) is 11.8 Å². The maximum Gasteiger partial charge on any atom is 0.236 e. The molecular formula is C20H19N3O5S2. The molecule has 8 nitrogen and oxygen atoms in total. The summed E-state index contributed by atoms with van der Waals surface area (Å²) in [5, 5.41) is 7.79. The molecule has 4 rings (SSSR count). The van der Waals surface area contributed by atoms with Gasteiger partial charge in [0.25, 0.3) is 0 Å². The topological polar surface area (TPSA) is 103 Å². The largest absolute Gasteiger partial charge is 0.486 e. The van der Waals surface area contributed by atoms with E-state index in [0.29, 0.717) is 47.9 Å². The lowest BCUT2D eigenvalue weighted by Gasteiger charge is -2.18. The average molecular weight is 446 g/mol. The zero-order valence-corrected chi connectivity index (χ0v) is 17.7. The molecule has 2 amide bonds. The van der Waals surface area contributed by atoms with Crippen molar-refractivity contribution in [3.63, 3.8) is 0 Å². The summed E-state index contributed by atoms with van der Waals surface area (Å²) in [5.41, 5.74) is 0.629. The maximum absolute atomic E-state index is 12.3. The standard InChI is InChI=1S/C20H19N3O5S2/c1-12(24)21-9-13-2-4-16(28-13)15-10-30-20(22-15)23-19(25)11-29-14-3-5-17-18(8-14)27-7-6-26-17/h2-5,8,10H,6-7,9,11H2,1H3,(H,21,24)(H,22,23,25). The van der Waals surface area contributed by atoms with Crippen molar-refractivity contribution in [1.82, 2.24) is 10.3 Å². The summed E-state index contributed by atoms with van der Waals surface area (Å²) < 4.78 is 16.7. The first kappa shape index (κ1) is 20.3. The number of nitrogens with zero attached hydrogens (tertiary/aromatic N) is 1. The van der Waals surface area contributed by atoms with Crippen LogP contribution in [-0.2, 0) is 16.1 Å². The lowest BCUT2D eigenvalue weighted by molar-refractivity contribution is -0.119. The van der Waals surface area contributed by atoms with Gasteiger partial charge in [0, 0.05) is 17.2 Å². The number of thiazole rings is 1. The molecule has 0 atom stereocenters. The van der Waals surface area contributed by atoms with Crippen LogP contribution in [0.3, 0.4) is 0 Å². The van der Waals surface area contributed by atoms with Gasteiger partial charge in [-0.2, -0.15) is 0 Å². The zero-order chi connectivity index (χ0) is 20.9. The maximum atomic E-state index is 12.3. The van der Waals surface area contributed by atoms with E-state index >= 15 is 0 Å². The molecule has 0 spiro atoms. The highest BCUT2D eigenvalue weighted by Gasteiger charge is 2.14. The number of carbonyl (C=O) groups is 2. The molecule has 0 saturated heterocycles. The average Bonchev–Trinajstić information content (AvgIpc) is 3.40. The molecule has 3 aromatic rings. The van der Waals surface area contributed by atoms with Crippen LogP contribution in [0.1, 0.15) is 12.7 Å². The normalized spacial score (nSPS) is 12.4. The van der Waals surface area contributed by atoms with Crippen molar-refractivity contribution in [2.75, 3.05) is 24.3 Å². The quantitative estimate of drug-likeness (QED) is 0.536. The number of thioether (sulfide) groups is 1. The Hall–Kier alpha value is -2.98. The Balaban J connectivity index is 1.30. The number of rotatable bonds is 7. The van der Waals surface area contributed by atoms with Crippen LogP contribution >= 0.6 is 23.1 Å². The molecule has 0 bridgehead atoms. The number of hydrogen-bond donors (Lipinski definition) is 2. The first-order valence-corrected chi connectivity index (χ1v) is 11.0. The predicted octanol–water partition coefficient (Wildman–Crippen LogP) is 3.54. The first-order valence-electron chi connectivity index (χ1n) is 9.18. The molecule has 3 heterocycles. The van der Waals surface area contributed by atoms with Gasteiger partial charge < -0.3 is 24.5 Å². The monoisotopic (exact) mass is 445 g/mol. The van der Waals surface area contributed by atoms with Crippen LogP contribution in [0.4, 0.5) is 5.13 Å². The number of nitrogens with one attached hydrogen (secondary N) is 2. The second-order valence-corrected chi connectivity index (χ2v) is 8.26. The van der Waals surface area contributed by atoms with Gasteiger partial charge >= 0.3 is 0 Å². The summed E-state index contributed by atoms with van der Waals surface area (Å²) in [6.45, 7) is 2.84. The van der Waals surface area contributed by atoms with Crippen LogP contribution in [0.25, 0.3) is 11.5 Å². The van der Waals surface area contributed by atoms with E-state index in [1.165, 1.54) is 30.0 Å². The van der Waals surface area contributed by atoms with E-state index in [1.54, 1.807) is 12.1 Å². The molecule has 0 unspecified atom stereocenters. The minimum atomic E-state index is -0.151. The van der Waals surface area contributed by atoms with Crippen molar-refractivity contribution in [2.24, 2.45) is 0 Å². The summed E-state index contributed by atoms with van der Waals surface area (Å²) in [6.07, 6.45) is 0. The number of furan rings is 1. The van der Waals surface area contributed by atoms with Crippen LogP contribution in [0, 0.1) is 0 Å². The molecule has 1 aliphatic heterocycles. The van der Waals surface area contributed by atoms with Crippen molar-refractivity contribution in [3.8, 4) is 23.0 Å². The number of aromatic nitrogens is 1. The van der Waals surface area contributed by atoms with Gasteiger partial charge in [0.1, 0.15) is 24.7 Å². The first-order chi connectivity index (χ1) is 14.6. The Labute approximate surface area is 181 Å². The zero-order valence-electron chi connectivity index (χ0n) is 16.1. The fourth-order valence-corrected chi connectivity index (χ4v) is 4.12. The highest BCUT2D eigenvalue weighted by molar-refractivity contribution is 8.00. The molecule has 0 saturated carbocycles. The number of amides is 2. The summed E-state index contributed by atoms with van der Waals surface area (Å²) in [6, 6.07) is 9.21. The molecule has 30 heavy (non-hydrogen) atoms. The van der Waals surface area contributed by atoms with Gasteiger partial charge in [0.05, 0.1) is 12.3 Å². The van der Waals surface area contributed by atoms with Gasteiger partial charge in [-0.1, -0.05) is 0 Å². The number of carbonyl (C=O) groups excluding carboxylic acids is 2. The molecule has 1 aliphatic rings. The highest BCUT2D eigenvalue weighted by Crippen LogP contribution is 2.34. The second-order valence-electron chi connectivity index (χ2n) is 6.36. The van der Waals surface area contributed by atoms with Crippen molar-refractivity contribution >= 4 is 40.0 Å². The Morgan fingerprint density at radius 2 is 2.00 bits per heavy atom. The Morgan fingerprint density at radius 1 is 1.17 bits per heavy atom.